The number of hydrogen-bond donors (Lipinski definition) is 0. The van der Waals surface area contributed by atoms with Gasteiger partial charge in [-0.15, -0.1) is 0 Å². The Morgan fingerprint density at radius 1 is 1.32 bits per heavy atom. The first-order valence-electron chi connectivity index (χ1n) is 6.74. The molecule has 0 radical (unpaired) electrons. The summed E-state index contributed by atoms with van der Waals surface area (Å²) in [5, 5.41) is 3.98. The van der Waals surface area contributed by atoms with Gasteiger partial charge in [-0.3, -0.25) is 9.59 Å². The highest BCUT2D eigenvalue weighted by atomic mass is 32.1. The average Bonchev–Trinajstić information content (AvgIpc) is 2.78. The number of aryl methyl sites for hydroxylation is 1. The lowest BCUT2D eigenvalue weighted by molar-refractivity contribution is 0.339. The minimum atomic E-state index is -0.414. The van der Waals surface area contributed by atoms with E-state index >= 15 is 0 Å². The monoisotopic (exact) mass is 315 g/mol. The molecule has 7 heteroatoms. The molecule has 22 heavy (non-hydrogen) atoms. The van der Waals surface area contributed by atoms with Crippen molar-refractivity contribution in [2.45, 2.75) is 13.8 Å². The second-order valence-corrected chi connectivity index (χ2v) is 5.59. The number of benzene rings is 1. The van der Waals surface area contributed by atoms with Gasteiger partial charge in [0.05, 0.1) is 11.1 Å². The molecule has 0 bridgehead atoms. The Bertz CT molecular complexity index is 1010. The molecule has 6 nitrogen and oxygen atoms in total. The van der Waals surface area contributed by atoms with Crippen LogP contribution in [0.2, 0.25) is 0 Å². The van der Waals surface area contributed by atoms with Crippen LogP contribution < -0.4 is 20.4 Å². The molecule has 0 N–H and O–H groups in total. The second-order valence-electron chi connectivity index (χ2n) is 4.58. The fraction of sp³-hybridized carbons (Fsp3) is 0.200. The van der Waals surface area contributed by atoms with Gasteiger partial charge in [0.1, 0.15) is 11.4 Å². The molecule has 0 aliphatic heterocycles. The normalized spacial score (nSPS) is 12.0. The van der Waals surface area contributed by atoms with E-state index in [0.717, 1.165) is 21.4 Å². The van der Waals surface area contributed by atoms with Crippen molar-refractivity contribution in [3.05, 3.63) is 60.8 Å². The van der Waals surface area contributed by atoms with E-state index in [0.29, 0.717) is 21.8 Å². The fourth-order valence-corrected chi connectivity index (χ4v) is 2.91. The van der Waals surface area contributed by atoms with Crippen LogP contribution in [0.3, 0.4) is 0 Å². The van der Waals surface area contributed by atoms with E-state index < -0.39 is 5.56 Å². The first kappa shape index (κ1) is 14.4. The molecule has 0 unspecified atom stereocenters. The highest BCUT2D eigenvalue weighted by Gasteiger charge is 2.09. The number of rotatable bonds is 3. The van der Waals surface area contributed by atoms with Crippen molar-refractivity contribution in [1.82, 2.24) is 14.6 Å². The molecule has 0 amide bonds. The van der Waals surface area contributed by atoms with Gasteiger partial charge in [-0.25, -0.2) is 0 Å². The van der Waals surface area contributed by atoms with Crippen molar-refractivity contribution in [2.24, 2.45) is 0 Å². The Labute approximate surface area is 129 Å². The third-order valence-corrected chi connectivity index (χ3v) is 4.01. The van der Waals surface area contributed by atoms with Gasteiger partial charge in [0, 0.05) is 5.56 Å². The topological polar surface area (TPSA) is 73.6 Å². The Hall–Kier alpha value is -2.54. The Morgan fingerprint density at radius 3 is 2.86 bits per heavy atom. The van der Waals surface area contributed by atoms with E-state index in [1.54, 1.807) is 6.08 Å². The van der Waals surface area contributed by atoms with Gasteiger partial charge in [-0.1, -0.05) is 29.5 Å². The van der Waals surface area contributed by atoms with Gasteiger partial charge in [-0.2, -0.15) is 14.6 Å². The van der Waals surface area contributed by atoms with Crippen molar-refractivity contribution >= 4 is 22.4 Å². The van der Waals surface area contributed by atoms with E-state index in [4.69, 9.17) is 4.74 Å². The molecule has 0 spiro atoms. The molecule has 3 aromatic rings. The molecular weight excluding hydrogens is 302 g/mol. The maximum atomic E-state index is 12.4. The zero-order chi connectivity index (χ0) is 15.7. The lowest BCUT2D eigenvalue weighted by Crippen LogP contribution is -2.27. The summed E-state index contributed by atoms with van der Waals surface area (Å²) in [5.74, 6) is 0.702. The van der Waals surface area contributed by atoms with Gasteiger partial charge >= 0.3 is 0 Å². The molecule has 0 saturated heterocycles. The Morgan fingerprint density at radius 2 is 2.09 bits per heavy atom. The van der Waals surface area contributed by atoms with E-state index in [1.165, 1.54) is 6.92 Å². The maximum Gasteiger partial charge on any atom is 0.295 e. The minimum Gasteiger partial charge on any atom is -0.493 e. The fourth-order valence-electron chi connectivity index (χ4n) is 2.01. The first-order chi connectivity index (χ1) is 10.6. The highest BCUT2D eigenvalue weighted by Crippen LogP contribution is 2.18. The molecule has 112 valence electrons. The molecule has 0 aliphatic carbocycles. The first-order valence-corrected chi connectivity index (χ1v) is 7.56. The molecule has 0 aliphatic rings. The summed E-state index contributed by atoms with van der Waals surface area (Å²) in [6.45, 7) is 3.97. The molecule has 2 heterocycles. The summed E-state index contributed by atoms with van der Waals surface area (Å²) < 4.78 is 7.16. The van der Waals surface area contributed by atoms with Crippen molar-refractivity contribution in [1.29, 1.82) is 0 Å². The second kappa shape index (κ2) is 5.69. The van der Waals surface area contributed by atoms with Crippen molar-refractivity contribution in [3.8, 4) is 5.75 Å². The van der Waals surface area contributed by atoms with Crippen molar-refractivity contribution in [3.63, 3.8) is 0 Å². The molecule has 3 rings (SSSR count). The number of nitrogens with zero attached hydrogens (tertiary/aromatic N) is 3. The van der Waals surface area contributed by atoms with Crippen LogP contribution in [0.4, 0.5) is 0 Å². The van der Waals surface area contributed by atoms with Crippen molar-refractivity contribution < 1.29 is 4.74 Å². The molecule has 0 fully saturated rings. The van der Waals surface area contributed by atoms with Gasteiger partial charge in [0.2, 0.25) is 4.96 Å². The summed E-state index contributed by atoms with van der Waals surface area (Å²) in [6.07, 6.45) is 1.73. The molecule has 1 aromatic carbocycles. The van der Waals surface area contributed by atoms with Gasteiger partial charge < -0.3 is 4.74 Å². The van der Waals surface area contributed by atoms with E-state index in [1.807, 2.05) is 31.2 Å². The van der Waals surface area contributed by atoms with Gasteiger partial charge in [0.25, 0.3) is 11.1 Å². The summed E-state index contributed by atoms with van der Waals surface area (Å²) >= 11 is 1.13. The summed E-state index contributed by atoms with van der Waals surface area (Å²) in [4.78, 5) is 28.1. The lowest BCUT2D eigenvalue weighted by Gasteiger charge is -2.05. The molecular formula is C15H13N3O3S. The summed E-state index contributed by atoms with van der Waals surface area (Å²) in [6, 6.07) is 7.45. The smallest absolute Gasteiger partial charge is 0.295 e. The lowest BCUT2D eigenvalue weighted by atomic mass is 10.2. The van der Waals surface area contributed by atoms with Crippen LogP contribution in [0.25, 0.3) is 11.0 Å². The Balaban J connectivity index is 2.25. The number of thiazole rings is 1. The largest absolute Gasteiger partial charge is 0.493 e. The van der Waals surface area contributed by atoms with Crippen LogP contribution >= 0.6 is 11.3 Å². The molecule has 0 saturated carbocycles. The SMILES string of the molecule is CCOc1ccccc1C=c1sc2nc(=O)c(C)nn2c1=O. The predicted octanol–water partition coefficient (Wildman–Crippen LogP) is 0.766. The van der Waals surface area contributed by atoms with Gasteiger partial charge in [0.15, 0.2) is 0 Å². The third kappa shape index (κ3) is 2.50. The predicted molar refractivity (Wildman–Crippen MR) is 84.5 cm³/mol. The number of ether oxygens (including phenoxy) is 1. The molecule has 2 aromatic heterocycles. The summed E-state index contributed by atoms with van der Waals surface area (Å²) in [5.41, 5.74) is 0.297. The molecule has 0 atom stereocenters. The number of aromatic nitrogens is 3. The quantitative estimate of drug-likeness (QED) is 0.713. The van der Waals surface area contributed by atoms with Crippen LogP contribution in [0.5, 0.6) is 5.75 Å². The Kier molecular flexibility index (Phi) is 3.72. The van der Waals surface area contributed by atoms with E-state index in [-0.39, 0.29) is 11.3 Å². The van der Waals surface area contributed by atoms with Crippen LogP contribution in [-0.2, 0) is 0 Å². The average molecular weight is 315 g/mol. The zero-order valence-corrected chi connectivity index (χ0v) is 12.9. The maximum absolute atomic E-state index is 12.4. The van der Waals surface area contributed by atoms with E-state index in [9.17, 15) is 9.59 Å². The summed E-state index contributed by atoms with van der Waals surface area (Å²) in [7, 11) is 0. The van der Waals surface area contributed by atoms with E-state index in [2.05, 4.69) is 10.1 Å². The number of hydrogen-bond acceptors (Lipinski definition) is 6. The minimum absolute atomic E-state index is 0.202. The highest BCUT2D eigenvalue weighted by molar-refractivity contribution is 7.15. The third-order valence-electron chi connectivity index (χ3n) is 3.05. The number of fused-ring (bicyclic) bond motifs is 1. The van der Waals surface area contributed by atoms with Crippen LogP contribution in [0.1, 0.15) is 18.2 Å². The van der Waals surface area contributed by atoms with Gasteiger partial charge in [-0.05, 0) is 26.0 Å². The number of para-hydroxylation sites is 1. The van der Waals surface area contributed by atoms with Crippen LogP contribution in [0.15, 0.2) is 33.9 Å². The standard InChI is InChI=1S/C15H13N3O3S/c1-3-21-11-7-5-4-6-10(11)8-12-14(20)18-15(22-12)16-13(19)9(2)17-18/h4-8H,3H2,1-2H3. The van der Waals surface area contributed by atoms with Crippen molar-refractivity contribution in [2.75, 3.05) is 6.61 Å². The van der Waals surface area contributed by atoms with Crippen LogP contribution in [-0.4, -0.2) is 21.2 Å². The zero-order valence-electron chi connectivity index (χ0n) is 12.1. The van der Waals surface area contributed by atoms with Crippen LogP contribution in [0, 0.1) is 6.92 Å².